The molecule has 1 nitrogen and oxygen atoms in total. The first kappa shape index (κ1) is 10.3. The molecule has 0 radical (unpaired) electrons. The van der Waals surface area contributed by atoms with E-state index >= 15 is 0 Å². The van der Waals surface area contributed by atoms with E-state index in [1.165, 1.54) is 12.8 Å². The third kappa shape index (κ3) is 8.31. The molecule has 0 amide bonds. The summed E-state index contributed by atoms with van der Waals surface area (Å²) < 4.78 is 0. The largest absolute Gasteiger partial charge is 0.317 e. The lowest BCUT2D eigenvalue weighted by Crippen LogP contribution is -2.18. The second-order valence-corrected chi connectivity index (χ2v) is 3.46. The summed E-state index contributed by atoms with van der Waals surface area (Å²) in [6.07, 6.45) is 2.47. The van der Waals surface area contributed by atoms with Crippen LogP contribution in [0, 0.1) is 5.92 Å². The minimum absolute atomic E-state index is 0.823. The summed E-state index contributed by atoms with van der Waals surface area (Å²) in [5.41, 5.74) is 0. The summed E-state index contributed by atoms with van der Waals surface area (Å²) in [4.78, 5) is 0. The highest BCUT2D eigenvalue weighted by molar-refractivity contribution is 7.80. The number of hydrogen-bond donors (Lipinski definition) is 2. The Kier molecular flexibility index (Phi) is 7.65. The molecular formula is C8H19NS. The first-order chi connectivity index (χ1) is 4.77. The second kappa shape index (κ2) is 7.42. The van der Waals surface area contributed by atoms with Gasteiger partial charge in [-0.3, -0.25) is 0 Å². The van der Waals surface area contributed by atoms with Crippen molar-refractivity contribution >= 4 is 12.6 Å². The summed E-state index contributed by atoms with van der Waals surface area (Å²) in [6.45, 7) is 6.78. The van der Waals surface area contributed by atoms with E-state index < -0.39 is 0 Å². The van der Waals surface area contributed by atoms with E-state index in [0.29, 0.717) is 0 Å². The highest BCUT2D eigenvalue weighted by Gasteiger charge is 1.91. The zero-order valence-corrected chi connectivity index (χ0v) is 7.95. The van der Waals surface area contributed by atoms with E-state index in [9.17, 15) is 0 Å². The molecule has 0 fully saturated rings. The molecule has 0 heterocycles. The van der Waals surface area contributed by atoms with Crippen LogP contribution in [0.1, 0.15) is 26.7 Å². The topological polar surface area (TPSA) is 12.0 Å². The highest BCUT2D eigenvalue weighted by atomic mass is 32.1. The van der Waals surface area contributed by atoms with Crippen molar-refractivity contribution in [2.24, 2.45) is 5.92 Å². The van der Waals surface area contributed by atoms with Crippen LogP contribution in [0.5, 0.6) is 0 Å². The van der Waals surface area contributed by atoms with Crippen molar-refractivity contribution in [3.8, 4) is 0 Å². The van der Waals surface area contributed by atoms with Gasteiger partial charge in [0.1, 0.15) is 0 Å². The van der Waals surface area contributed by atoms with Gasteiger partial charge in [-0.15, -0.1) is 0 Å². The van der Waals surface area contributed by atoms with Crippen molar-refractivity contribution in [3.05, 3.63) is 0 Å². The Morgan fingerprint density at radius 1 is 1.30 bits per heavy atom. The first-order valence-corrected chi connectivity index (χ1v) is 4.72. The number of rotatable bonds is 6. The van der Waals surface area contributed by atoms with Crippen molar-refractivity contribution in [2.75, 3.05) is 18.8 Å². The van der Waals surface area contributed by atoms with Crippen LogP contribution in [0.3, 0.4) is 0 Å². The molecule has 2 heteroatoms. The Bertz CT molecular complexity index is 64.3. The lowest BCUT2D eigenvalue weighted by atomic mass is 10.1. The Morgan fingerprint density at radius 2 is 2.00 bits per heavy atom. The zero-order chi connectivity index (χ0) is 7.82. The van der Waals surface area contributed by atoms with Crippen LogP contribution >= 0.6 is 12.6 Å². The van der Waals surface area contributed by atoms with Gasteiger partial charge in [0.2, 0.25) is 0 Å². The van der Waals surface area contributed by atoms with E-state index in [0.717, 1.165) is 24.8 Å². The minimum atomic E-state index is 0.823. The fraction of sp³-hybridized carbons (Fsp3) is 1.00. The highest BCUT2D eigenvalue weighted by Crippen LogP contribution is 1.95. The molecular weight excluding hydrogens is 142 g/mol. The molecule has 0 aromatic heterocycles. The molecule has 0 aliphatic carbocycles. The van der Waals surface area contributed by atoms with Gasteiger partial charge < -0.3 is 5.32 Å². The number of hydrogen-bond acceptors (Lipinski definition) is 2. The molecule has 0 aliphatic rings. The van der Waals surface area contributed by atoms with Crippen molar-refractivity contribution in [2.45, 2.75) is 26.7 Å². The second-order valence-electron chi connectivity index (χ2n) is 3.01. The molecule has 0 rings (SSSR count). The molecule has 0 aromatic carbocycles. The third-order valence-corrected chi connectivity index (χ3v) is 1.73. The monoisotopic (exact) mass is 161 g/mol. The standard InChI is InChI=1S/C8H19NS/c1-8(2)4-6-9-5-3-7-10/h8-10H,3-7H2,1-2H3. The quantitative estimate of drug-likeness (QED) is 0.448. The summed E-state index contributed by atoms with van der Waals surface area (Å²) in [5, 5.41) is 3.37. The molecule has 0 atom stereocenters. The van der Waals surface area contributed by atoms with E-state index in [1.54, 1.807) is 0 Å². The van der Waals surface area contributed by atoms with E-state index in [4.69, 9.17) is 0 Å². The van der Waals surface area contributed by atoms with Crippen LogP contribution in [0.15, 0.2) is 0 Å². The average Bonchev–Trinajstić information content (AvgIpc) is 1.87. The molecule has 0 unspecified atom stereocenters. The maximum atomic E-state index is 4.12. The van der Waals surface area contributed by atoms with Gasteiger partial charge in [-0.05, 0) is 37.6 Å². The Balaban J connectivity index is 2.77. The van der Waals surface area contributed by atoms with Crippen molar-refractivity contribution < 1.29 is 0 Å². The van der Waals surface area contributed by atoms with Crippen molar-refractivity contribution in [1.82, 2.24) is 5.32 Å². The maximum Gasteiger partial charge on any atom is -0.00411 e. The van der Waals surface area contributed by atoms with Gasteiger partial charge in [0.15, 0.2) is 0 Å². The Morgan fingerprint density at radius 3 is 2.50 bits per heavy atom. The minimum Gasteiger partial charge on any atom is -0.317 e. The lowest BCUT2D eigenvalue weighted by Gasteiger charge is -2.05. The average molecular weight is 161 g/mol. The van der Waals surface area contributed by atoms with Crippen LogP contribution in [0.2, 0.25) is 0 Å². The van der Waals surface area contributed by atoms with Gasteiger partial charge in [0.05, 0.1) is 0 Å². The predicted molar refractivity (Wildman–Crippen MR) is 50.8 cm³/mol. The molecule has 62 valence electrons. The van der Waals surface area contributed by atoms with Crippen LogP contribution < -0.4 is 5.32 Å². The molecule has 0 aromatic rings. The Labute approximate surface area is 70.0 Å². The summed E-state index contributed by atoms with van der Waals surface area (Å²) in [6, 6.07) is 0. The summed E-state index contributed by atoms with van der Waals surface area (Å²) in [7, 11) is 0. The van der Waals surface area contributed by atoms with Gasteiger partial charge >= 0.3 is 0 Å². The molecule has 0 spiro atoms. The van der Waals surface area contributed by atoms with Crippen LogP contribution in [-0.4, -0.2) is 18.8 Å². The Hall–Kier alpha value is 0.310. The van der Waals surface area contributed by atoms with E-state index in [2.05, 4.69) is 31.8 Å². The van der Waals surface area contributed by atoms with Gasteiger partial charge in [-0.2, -0.15) is 12.6 Å². The van der Waals surface area contributed by atoms with Crippen molar-refractivity contribution in [1.29, 1.82) is 0 Å². The van der Waals surface area contributed by atoms with Crippen LogP contribution in [0.25, 0.3) is 0 Å². The molecule has 0 saturated carbocycles. The first-order valence-electron chi connectivity index (χ1n) is 4.09. The zero-order valence-electron chi connectivity index (χ0n) is 7.06. The maximum absolute atomic E-state index is 4.12. The van der Waals surface area contributed by atoms with E-state index in [1.807, 2.05) is 0 Å². The fourth-order valence-corrected chi connectivity index (χ4v) is 0.878. The molecule has 10 heavy (non-hydrogen) atoms. The summed E-state index contributed by atoms with van der Waals surface area (Å²) in [5.74, 6) is 1.82. The predicted octanol–water partition coefficient (Wildman–Crippen LogP) is 1.94. The SMILES string of the molecule is CC(C)CCNCCCS. The van der Waals surface area contributed by atoms with E-state index in [-0.39, 0.29) is 0 Å². The molecule has 0 bridgehead atoms. The van der Waals surface area contributed by atoms with Crippen molar-refractivity contribution in [3.63, 3.8) is 0 Å². The van der Waals surface area contributed by atoms with Gasteiger partial charge in [-0.25, -0.2) is 0 Å². The smallest absolute Gasteiger partial charge is 0.00411 e. The summed E-state index contributed by atoms with van der Waals surface area (Å²) >= 11 is 4.12. The number of thiol groups is 1. The van der Waals surface area contributed by atoms with Gasteiger partial charge in [0.25, 0.3) is 0 Å². The molecule has 0 saturated heterocycles. The normalized spacial score (nSPS) is 10.8. The fourth-order valence-electron chi connectivity index (χ4n) is 0.720. The van der Waals surface area contributed by atoms with Crippen LogP contribution in [-0.2, 0) is 0 Å². The molecule has 1 N–H and O–H groups in total. The number of nitrogens with one attached hydrogen (secondary N) is 1. The lowest BCUT2D eigenvalue weighted by molar-refractivity contribution is 0.537. The molecule has 0 aliphatic heterocycles. The third-order valence-electron chi connectivity index (χ3n) is 1.41. The van der Waals surface area contributed by atoms with Gasteiger partial charge in [0, 0.05) is 0 Å². The van der Waals surface area contributed by atoms with Gasteiger partial charge in [-0.1, -0.05) is 13.8 Å². The van der Waals surface area contributed by atoms with Crippen LogP contribution in [0.4, 0.5) is 0 Å².